The van der Waals surface area contributed by atoms with Crippen molar-refractivity contribution in [1.29, 1.82) is 5.26 Å². The number of hydrogen-bond acceptors (Lipinski definition) is 5. The van der Waals surface area contributed by atoms with E-state index in [1.165, 1.54) is 0 Å². The highest BCUT2D eigenvalue weighted by Crippen LogP contribution is 2.33. The van der Waals surface area contributed by atoms with Crippen LogP contribution in [-0.4, -0.2) is 25.9 Å². The van der Waals surface area contributed by atoms with Gasteiger partial charge in [0.15, 0.2) is 0 Å². The van der Waals surface area contributed by atoms with Crippen LogP contribution in [0.1, 0.15) is 12.8 Å². The van der Waals surface area contributed by atoms with E-state index < -0.39 is 0 Å². The maximum atomic E-state index is 13.3. The zero-order chi connectivity index (χ0) is 20.1. The smallest absolute Gasteiger partial charge is 0.258 e. The Bertz CT molecular complexity index is 1080. The van der Waals surface area contributed by atoms with Gasteiger partial charge in [-0.25, -0.2) is 0 Å². The maximum absolute atomic E-state index is 13.3. The van der Waals surface area contributed by atoms with Gasteiger partial charge in [0.05, 0.1) is 32.9 Å². The zero-order valence-corrected chi connectivity index (χ0v) is 16.2. The molecule has 0 aliphatic heterocycles. The quantitative estimate of drug-likeness (QED) is 0.581. The van der Waals surface area contributed by atoms with E-state index in [-0.39, 0.29) is 5.56 Å². The van der Waals surface area contributed by atoms with Gasteiger partial charge in [0, 0.05) is 36.0 Å². The third-order valence-corrected chi connectivity index (χ3v) is 4.68. The Hall–Kier alpha value is -3.46. The van der Waals surface area contributed by atoms with Crippen molar-refractivity contribution in [2.75, 3.05) is 21.3 Å². The van der Waals surface area contributed by atoms with Gasteiger partial charge in [-0.15, -0.1) is 0 Å². The minimum Gasteiger partial charge on any atom is -0.497 e. The first-order valence-corrected chi connectivity index (χ1v) is 8.94. The first kappa shape index (κ1) is 19.3. The number of rotatable bonds is 7. The van der Waals surface area contributed by atoms with E-state index in [4.69, 9.17) is 19.5 Å². The van der Waals surface area contributed by atoms with Gasteiger partial charge in [-0.3, -0.25) is 4.79 Å². The first-order chi connectivity index (χ1) is 13.6. The van der Waals surface area contributed by atoms with Gasteiger partial charge in [0.2, 0.25) is 0 Å². The molecule has 0 amide bonds. The average molecular weight is 378 g/mol. The number of nitrogens with zero attached hydrogens (tertiary/aromatic N) is 2. The number of fused-ring (bicyclic) bond motifs is 1. The second-order valence-electron chi connectivity index (χ2n) is 6.27. The molecule has 6 heteroatoms. The van der Waals surface area contributed by atoms with Crippen LogP contribution in [0.4, 0.5) is 0 Å². The van der Waals surface area contributed by atoms with E-state index in [2.05, 4.69) is 6.07 Å². The standard InChI is InChI=1S/C22H22N2O4/c1-26-16-8-6-15(7-9-16)18-14-19-20(12-17(27-2)13-21(19)28-3)24(22(18)25)11-5-4-10-23/h6-9,12-14H,4-5,11H2,1-3H3. The molecule has 0 fully saturated rings. The number of pyridine rings is 1. The van der Waals surface area contributed by atoms with Crippen molar-refractivity contribution in [1.82, 2.24) is 4.57 Å². The van der Waals surface area contributed by atoms with E-state index in [0.717, 1.165) is 22.2 Å². The van der Waals surface area contributed by atoms with Crippen molar-refractivity contribution in [2.24, 2.45) is 0 Å². The molecule has 2 aromatic carbocycles. The molecule has 0 radical (unpaired) electrons. The summed E-state index contributed by atoms with van der Waals surface area (Å²) in [4.78, 5) is 13.3. The zero-order valence-electron chi connectivity index (χ0n) is 16.2. The van der Waals surface area contributed by atoms with Gasteiger partial charge in [-0.05, 0) is 30.2 Å². The number of aryl methyl sites for hydroxylation is 1. The lowest BCUT2D eigenvalue weighted by Gasteiger charge is -2.16. The van der Waals surface area contributed by atoms with E-state index >= 15 is 0 Å². The number of nitriles is 1. The summed E-state index contributed by atoms with van der Waals surface area (Å²) in [6, 6.07) is 15.0. The molecular weight excluding hydrogens is 356 g/mol. The number of hydrogen-bond donors (Lipinski definition) is 0. The van der Waals surface area contributed by atoms with Crippen LogP contribution < -0.4 is 19.8 Å². The minimum absolute atomic E-state index is 0.120. The van der Waals surface area contributed by atoms with Crippen LogP contribution in [0.2, 0.25) is 0 Å². The number of aromatic nitrogens is 1. The Morgan fingerprint density at radius 2 is 1.68 bits per heavy atom. The molecular formula is C22H22N2O4. The Morgan fingerprint density at radius 1 is 0.964 bits per heavy atom. The fourth-order valence-corrected chi connectivity index (χ4v) is 3.22. The Labute approximate surface area is 163 Å². The molecule has 0 unspecified atom stereocenters. The van der Waals surface area contributed by atoms with Crippen molar-refractivity contribution >= 4 is 10.9 Å². The number of unbranched alkanes of at least 4 members (excludes halogenated alkanes) is 1. The monoisotopic (exact) mass is 378 g/mol. The summed E-state index contributed by atoms with van der Waals surface area (Å²) in [7, 11) is 4.77. The number of ether oxygens (including phenoxy) is 3. The molecule has 0 atom stereocenters. The third-order valence-electron chi connectivity index (χ3n) is 4.68. The van der Waals surface area contributed by atoms with Crippen molar-refractivity contribution in [3.05, 3.63) is 52.8 Å². The predicted molar refractivity (Wildman–Crippen MR) is 108 cm³/mol. The van der Waals surface area contributed by atoms with Crippen LogP contribution in [0, 0.1) is 11.3 Å². The van der Waals surface area contributed by atoms with Crippen molar-refractivity contribution in [3.8, 4) is 34.4 Å². The second-order valence-corrected chi connectivity index (χ2v) is 6.27. The van der Waals surface area contributed by atoms with E-state index in [1.807, 2.05) is 36.4 Å². The molecule has 1 heterocycles. The van der Waals surface area contributed by atoms with Crippen LogP contribution in [-0.2, 0) is 6.54 Å². The highest BCUT2D eigenvalue weighted by atomic mass is 16.5. The van der Waals surface area contributed by atoms with Gasteiger partial charge < -0.3 is 18.8 Å². The second kappa shape index (κ2) is 8.49. The number of benzene rings is 2. The molecule has 0 spiro atoms. The minimum atomic E-state index is -0.120. The van der Waals surface area contributed by atoms with Gasteiger partial charge >= 0.3 is 0 Å². The summed E-state index contributed by atoms with van der Waals surface area (Å²) in [5.74, 6) is 1.95. The first-order valence-electron chi connectivity index (χ1n) is 8.94. The van der Waals surface area contributed by atoms with Gasteiger partial charge in [-0.2, -0.15) is 5.26 Å². The topological polar surface area (TPSA) is 73.5 Å². The van der Waals surface area contributed by atoms with Crippen molar-refractivity contribution in [2.45, 2.75) is 19.4 Å². The Balaban J connectivity index is 2.28. The molecule has 0 aliphatic carbocycles. The highest BCUT2D eigenvalue weighted by Gasteiger charge is 2.15. The van der Waals surface area contributed by atoms with E-state index in [0.29, 0.717) is 36.4 Å². The fourth-order valence-electron chi connectivity index (χ4n) is 3.22. The van der Waals surface area contributed by atoms with Crippen LogP contribution in [0.15, 0.2) is 47.3 Å². The normalized spacial score (nSPS) is 10.5. The maximum Gasteiger partial charge on any atom is 0.258 e. The molecule has 0 aliphatic rings. The largest absolute Gasteiger partial charge is 0.497 e. The molecule has 3 aromatic rings. The lowest BCUT2D eigenvalue weighted by Crippen LogP contribution is -2.22. The molecule has 0 saturated heterocycles. The molecule has 0 bridgehead atoms. The van der Waals surface area contributed by atoms with Gasteiger partial charge in [0.25, 0.3) is 5.56 Å². The summed E-state index contributed by atoms with van der Waals surface area (Å²) in [5, 5.41) is 9.69. The van der Waals surface area contributed by atoms with Crippen LogP contribution >= 0.6 is 0 Å². The molecule has 3 rings (SSSR count). The Morgan fingerprint density at radius 3 is 2.29 bits per heavy atom. The van der Waals surface area contributed by atoms with E-state index in [1.54, 1.807) is 32.0 Å². The summed E-state index contributed by atoms with van der Waals surface area (Å²) in [5.41, 5.74) is 1.96. The van der Waals surface area contributed by atoms with Crippen LogP contribution in [0.25, 0.3) is 22.0 Å². The van der Waals surface area contributed by atoms with Gasteiger partial charge in [0.1, 0.15) is 17.2 Å². The summed E-state index contributed by atoms with van der Waals surface area (Å²) < 4.78 is 17.8. The van der Waals surface area contributed by atoms with Crippen molar-refractivity contribution < 1.29 is 14.2 Å². The molecule has 0 N–H and O–H groups in total. The Kier molecular flexibility index (Phi) is 5.85. The lowest BCUT2D eigenvalue weighted by molar-refractivity contribution is 0.397. The molecule has 1 aromatic heterocycles. The molecule has 144 valence electrons. The lowest BCUT2D eigenvalue weighted by atomic mass is 10.0. The highest BCUT2D eigenvalue weighted by molar-refractivity contribution is 5.90. The summed E-state index contributed by atoms with van der Waals surface area (Å²) in [6.07, 6.45) is 0.957. The third kappa shape index (κ3) is 3.65. The number of methoxy groups -OCH3 is 3. The predicted octanol–water partition coefficient (Wildman–Crippen LogP) is 4.00. The fraction of sp³-hybridized carbons (Fsp3) is 0.273. The molecule has 0 saturated carbocycles. The SMILES string of the molecule is COc1ccc(-c2cc3c(OC)cc(OC)cc3n(CCCC#N)c2=O)cc1. The van der Waals surface area contributed by atoms with Gasteiger partial charge in [-0.1, -0.05) is 12.1 Å². The van der Waals surface area contributed by atoms with E-state index in [9.17, 15) is 4.79 Å². The van der Waals surface area contributed by atoms with Crippen LogP contribution in [0.5, 0.6) is 17.2 Å². The summed E-state index contributed by atoms with van der Waals surface area (Å²) >= 11 is 0. The summed E-state index contributed by atoms with van der Waals surface area (Å²) in [6.45, 7) is 0.434. The average Bonchev–Trinajstić information content (AvgIpc) is 2.74. The molecule has 28 heavy (non-hydrogen) atoms. The molecule has 6 nitrogen and oxygen atoms in total. The van der Waals surface area contributed by atoms with Crippen molar-refractivity contribution in [3.63, 3.8) is 0 Å². The van der Waals surface area contributed by atoms with Crippen LogP contribution in [0.3, 0.4) is 0 Å².